The molecule has 1 heterocycles. The molecule has 1 aromatic carbocycles. The number of aromatic nitrogens is 1. The molecule has 5 heteroatoms. The number of nitrogens with zero attached hydrogens (tertiary/aromatic N) is 1. The summed E-state index contributed by atoms with van der Waals surface area (Å²) >= 11 is 0. The van der Waals surface area contributed by atoms with E-state index in [2.05, 4.69) is 5.32 Å². The van der Waals surface area contributed by atoms with Crippen molar-refractivity contribution in [1.29, 1.82) is 0 Å². The van der Waals surface area contributed by atoms with Gasteiger partial charge in [-0.15, -0.1) is 0 Å². The van der Waals surface area contributed by atoms with Crippen molar-refractivity contribution >= 4 is 5.91 Å². The van der Waals surface area contributed by atoms with Gasteiger partial charge in [0.25, 0.3) is 5.91 Å². The molecule has 0 spiro atoms. The average Bonchev–Trinajstić information content (AvgIpc) is 2.79. The molecule has 0 fully saturated rings. The van der Waals surface area contributed by atoms with E-state index in [0.717, 1.165) is 29.3 Å². The van der Waals surface area contributed by atoms with Crippen LogP contribution in [-0.2, 0) is 13.0 Å². The highest BCUT2D eigenvalue weighted by molar-refractivity contribution is 5.95. The van der Waals surface area contributed by atoms with Crippen molar-refractivity contribution < 1.29 is 13.6 Å². The van der Waals surface area contributed by atoms with Crippen LogP contribution in [0.4, 0.5) is 8.78 Å². The molecule has 1 N–H and O–H groups in total. The van der Waals surface area contributed by atoms with Gasteiger partial charge >= 0.3 is 0 Å². The van der Waals surface area contributed by atoms with Gasteiger partial charge in [-0.05, 0) is 55.0 Å². The summed E-state index contributed by atoms with van der Waals surface area (Å²) in [4.78, 5) is 12.7. The summed E-state index contributed by atoms with van der Waals surface area (Å²) in [6.45, 7) is 11.0. The maximum Gasteiger partial charge on any atom is 0.268 e. The lowest BCUT2D eigenvalue weighted by atomic mass is 10.1. The highest BCUT2D eigenvalue weighted by atomic mass is 19.2. The van der Waals surface area contributed by atoms with Crippen LogP contribution in [0, 0.1) is 31.4 Å². The third-order valence-electron chi connectivity index (χ3n) is 4.48. The molecular weight excluding hydrogens is 322 g/mol. The van der Waals surface area contributed by atoms with Crippen molar-refractivity contribution in [3.8, 4) is 0 Å². The van der Waals surface area contributed by atoms with Crippen LogP contribution in [0.2, 0.25) is 0 Å². The van der Waals surface area contributed by atoms with Crippen LogP contribution in [0.5, 0.6) is 0 Å². The van der Waals surface area contributed by atoms with Gasteiger partial charge in [0.15, 0.2) is 11.6 Å². The van der Waals surface area contributed by atoms with Crippen LogP contribution in [0.1, 0.15) is 53.6 Å². The maximum atomic E-state index is 13.5. The first kappa shape index (κ1) is 19.2. The fourth-order valence-electron chi connectivity index (χ4n) is 3.16. The molecule has 25 heavy (non-hydrogen) atoms. The number of benzene rings is 1. The topological polar surface area (TPSA) is 34.0 Å². The summed E-state index contributed by atoms with van der Waals surface area (Å²) in [5.41, 5.74) is 4.28. The quantitative estimate of drug-likeness (QED) is 0.826. The van der Waals surface area contributed by atoms with E-state index in [1.165, 1.54) is 6.07 Å². The third-order valence-corrected chi connectivity index (χ3v) is 4.48. The lowest BCUT2D eigenvalue weighted by Gasteiger charge is -2.14. The second-order valence-electron chi connectivity index (χ2n) is 6.83. The molecular formula is C20H26F2N2O. The van der Waals surface area contributed by atoms with Crippen molar-refractivity contribution in [2.45, 2.75) is 47.6 Å². The highest BCUT2D eigenvalue weighted by Gasteiger charge is 2.22. The molecule has 136 valence electrons. The number of carbonyl (C=O) groups is 1. The Morgan fingerprint density at radius 2 is 1.88 bits per heavy atom. The van der Waals surface area contributed by atoms with E-state index >= 15 is 0 Å². The standard InChI is InChI=1S/C20H26F2N2O/c1-6-16-13(4)19(20(25)23-10-12(2)3)24(14(16)5)11-15-7-8-17(21)18(22)9-15/h7-9,12H,6,10-11H2,1-5H3,(H,23,25). The van der Waals surface area contributed by atoms with Gasteiger partial charge in [-0.1, -0.05) is 26.8 Å². The molecule has 1 amide bonds. The van der Waals surface area contributed by atoms with Gasteiger partial charge in [-0.3, -0.25) is 4.79 Å². The number of hydrogen-bond acceptors (Lipinski definition) is 1. The molecule has 3 nitrogen and oxygen atoms in total. The zero-order chi connectivity index (χ0) is 18.7. The molecule has 0 saturated heterocycles. The molecule has 0 bridgehead atoms. The monoisotopic (exact) mass is 348 g/mol. The minimum atomic E-state index is -0.874. The summed E-state index contributed by atoms with van der Waals surface area (Å²) < 4.78 is 28.6. The number of rotatable bonds is 6. The summed E-state index contributed by atoms with van der Waals surface area (Å²) in [6.07, 6.45) is 0.812. The van der Waals surface area contributed by atoms with Gasteiger partial charge in [0, 0.05) is 18.8 Å². The first-order chi connectivity index (χ1) is 11.8. The van der Waals surface area contributed by atoms with E-state index in [9.17, 15) is 13.6 Å². The molecule has 2 rings (SSSR count). The van der Waals surface area contributed by atoms with Crippen LogP contribution < -0.4 is 5.32 Å². The third kappa shape index (κ3) is 4.09. The first-order valence-electron chi connectivity index (χ1n) is 8.66. The predicted molar refractivity (Wildman–Crippen MR) is 95.9 cm³/mol. The number of halogens is 2. The number of amides is 1. The Morgan fingerprint density at radius 1 is 1.20 bits per heavy atom. The van der Waals surface area contributed by atoms with Gasteiger partial charge < -0.3 is 9.88 Å². The number of nitrogens with one attached hydrogen (secondary N) is 1. The van der Waals surface area contributed by atoms with Crippen LogP contribution in [0.15, 0.2) is 18.2 Å². The summed E-state index contributed by atoms with van der Waals surface area (Å²) in [5.74, 6) is -1.52. The second kappa shape index (κ2) is 7.81. The smallest absolute Gasteiger partial charge is 0.268 e. The van der Waals surface area contributed by atoms with E-state index in [4.69, 9.17) is 0 Å². The van der Waals surface area contributed by atoms with Crippen molar-refractivity contribution in [2.75, 3.05) is 6.54 Å². The van der Waals surface area contributed by atoms with E-state index in [1.54, 1.807) is 6.07 Å². The predicted octanol–water partition coefficient (Wildman–Crippen LogP) is 4.38. The SMILES string of the molecule is CCc1c(C)c(C(=O)NCC(C)C)n(Cc2ccc(F)c(F)c2)c1C. The molecule has 0 saturated carbocycles. The van der Waals surface area contributed by atoms with Gasteiger partial charge in [0.2, 0.25) is 0 Å². The highest BCUT2D eigenvalue weighted by Crippen LogP contribution is 2.24. The average molecular weight is 348 g/mol. The zero-order valence-electron chi connectivity index (χ0n) is 15.5. The summed E-state index contributed by atoms with van der Waals surface area (Å²) in [7, 11) is 0. The van der Waals surface area contributed by atoms with Crippen molar-refractivity contribution in [2.24, 2.45) is 5.92 Å². The van der Waals surface area contributed by atoms with E-state index in [1.807, 2.05) is 39.2 Å². The fourth-order valence-corrected chi connectivity index (χ4v) is 3.16. The molecule has 1 aromatic heterocycles. The molecule has 0 aliphatic heterocycles. The number of carbonyl (C=O) groups excluding carboxylic acids is 1. The van der Waals surface area contributed by atoms with Crippen LogP contribution in [0.25, 0.3) is 0 Å². The maximum absolute atomic E-state index is 13.5. The van der Waals surface area contributed by atoms with E-state index in [-0.39, 0.29) is 5.91 Å². The Bertz CT molecular complexity index is 778. The Kier molecular flexibility index (Phi) is 5.98. The van der Waals surface area contributed by atoms with Gasteiger partial charge in [0.1, 0.15) is 5.69 Å². The second-order valence-corrected chi connectivity index (χ2v) is 6.83. The minimum absolute atomic E-state index is 0.128. The fraction of sp³-hybridized carbons (Fsp3) is 0.450. The Balaban J connectivity index is 2.44. The first-order valence-corrected chi connectivity index (χ1v) is 8.66. The lowest BCUT2D eigenvalue weighted by Crippen LogP contribution is -2.30. The van der Waals surface area contributed by atoms with Crippen molar-refractivity contribution in [3.63, 3.8) is 0 Å². The van der Waals surface area contributed by atoms with E-state index < -0.39 is 11.6 Å². The molecule has 0 aliphatic rings. The van der Waals surface area contributed by atoms with Crippen molar-refractivity contribution in [1.82, 2.24) is 9.88 Å². The Hall–Kier alpha value is -2.17. The van der Waals surface area contributed by atoms with Gasteiger partial charge in [-0.2, -0.15) is 0 Å². The van der Waals surface area contributed by atoms with Gasteiger partial charge in [0.05, 0.1) is 0 Å². The Morgan fingerprint density at radius 3 is 2.44 bits per heavy atom. The molecule has 0 unspecified atom stereocenters. The molecule has 0 radical (unpaired) electrons. The molecule has 0 atom stereocenters. The lowest BCUT2D eigenvalue weighted by molar-refractivity contribution is 0.0939. The Labute approximate surface area is 148 Å². The van der Waals surface area contributed by atoms with Crippen LogP contribution in [-0.4, -0.2) is 17.0 Å². The minimum Gasteiger partial charge on any atom is -0.350 e. The molecule has 0 aliphatic carbocycles. The van der Waals surface area contributed by atoms with E-state index in [0.29, 0.717) is 30.3 Å². The van der Waals surface area contributed by atoms with Crippen molar-refractivity contribution in [3.05, 3.63) is 57.9 Å². The van der Waals surface area contributed by atoms with Crippen LogP contribution >= 0.6 is 0 Å². The summed E-state index contributed by atoms with van der Waals surface area (Å²) in [5, 5.41) is 2.96. The zero-order valence-corrected chi connectivity index (χ0v) is 15.5. The largest absolute Gasteiger partial charge is 0.350 e. The summed E-state index contributed by atoms with van der Waals surface area (Å²) in [6, 6.07) is 3.86. The normalized spacial score (nSPS) is 11.2. The van der Waals surface area contributed by atoms with Crippen LogP contribution in [0.3, 0.4) is 0 Å². The molecule has 2 aromatic rings. The number of hydrogen-bond donors (Lipinski definition) is 1. The van der Waals surface area contributed by atoms with Gasteiger partial charge in [-0.25, -0.2) is 8.78 Å².